The van der Waals surface area contributed by atoms with Crippen molar-refractivity contribution >= 4 is 0 Å². The summed E-state index contributed by atoms with van der Waals surface area (Å²) in [6.45, 7) is 0. The molecule has 0 aromatic heterocycles. The molecule has 0 radical (unpaired) electrons. The van der Waals surface area contributed by atoms with Gasteiger partial charge in [0, 0.05) is 18.9 Å². The molecule has 0 heterocycles. The van der Waals surface area contributed by atoms with E-state index < -0.39 is 12.6 Å². The molecule has 0 aromatic rings. The van der Waals surface area contributed by atoms with Crippen molar-refractivity contribution < 1.29 is 13.2 Å². The summed E-state index contributed by atoms with van der Waals surface area (Å²) in [7, 11) is 0. The van der Waals surface area contributed by atoms with Gasteiger partial charge in [0.1, 0.15) is 0 Å². The summed E-state index contributed by atoms with van der Waals surface area (Å²) in [6.07, 6.45) is 1.94. The number of alkyl halides is 3. The monoisotopic (exact) mass is 193 g/mol. The smallest absolute Gasteiger partial charge is 0.328 e. The summed E-state index contributed by atoms with van der Waals surface area (Å²) in [5.41, 5.74) is 5.45. The van der Waals surface area contributed by atoms with Crippen LogP contribution in [-0.4, -0.2) is 12.2 Å². The Hall–Kier alpha value is -0.690. The van der Waals surface area contributed by atoms with Crippen molar-refractivity contribution in [3.8, 4) is 12.3 Å². The van der Waals surface area contributed by atoms with E-state index in [1.54, 1.807) is 0 Å². The minimum Gasteiger partial charge on any atom is -0.328 e. The number of halogens is 3. The number of hydrogen-bond donors (Lipinski definition) is 1. The van der Waals surface area contributed by atoms with Crippen LogP contribution >= 0.6 is 0 Å². The lowest BCUT2D eigenvalue weighted by atomic mass is 10.1. The first-order valence-corrected chi connectivity index (χ1v) is 4.21. The van der Waals surface area contributed by atoms with Gasteiger partial charge in [-0.05, 0) is 19.3 Å². The Labute approximate surface area is 76.5 Å². The Morgan fingerprint density at radius 2 is 1.92 bits per heavy atom. The summed E-state index contributed by atoms with van der Waals surface area (Å²) in [6, 6.07) is -0.380. The van der Waals surface area contributed by atoms with Crippen LogP contribution < -0.4 is 5.73 Å². The highest BCUT2D eigenvalue weighted by atomic mass is 19.4. The van der Waals surface area contributed by atoms with Crippen molar-refractivity contribution in [1.29, 1.82) is 0 Å². The molecule has 0 rings (SSSR count). The minimum absolute atomic E-state index is 0.00588. The van der Waals surface area contributed by atoms with Crippen molar-refractivity contribution in [2.24, 2.45) is 5.73 Å². The van der Waals surface area contributed by atoms with Crippen LogP contribution in [0.4, 0.5) is 13.2 Å². The molecular weight excluding hydrogens is 179 g/mol. The van der Waals surface area contributed by atoms with E-state index in [4.69, 9.17) is 12.2 Å². The van der Waals surface area contributed by atoms with E-state index in [-0.39, 0.29) is 12.5 Å². The Bertz CT molecular complexity index is 169. The predicted octanol–water partition coefficient (Wildman–Crippen LogP) is 2.46. The van der Waals surface area contributed by atoms with Crippen molar-refractivity contribution in [1.82, 2.24) is 0 Å². The van der Waals surface area contributed by atoms with Gasteiger partial charge in [0.2, 0.25) is 0 Å². The molecule has 2 N–H and O–H groups in total. The third-order valence-electron chi connectivity index (χ3n) is 1.69. The quantitative estimate of drug-likeness (QED) is 0.526. The van der Waals surface area contributed by atoms with Gasteiger partial charge in [0.05, 0.1) is 0 Å². The van der Waals surface area contributed by atoms with E-state index in [1.165, 1.54) is 0 Å². The van der Waals surface area contributed by atoms with Gasteiger partial charge < -0.3 is 5.73 Å². The first-order valence-electron chi connectivity index (χ1n) is 4.21. The van der Waals surface area contributed by atoms with Crippen molar-refractivity contribution in [2.45, 2.75) is 44.3 Å². The van der Waals surface area contributed by atoms with Gasteiger partial charge in [0.15, 0.2) is 0 Å². The fourth-order valence-corrected chi connectivity index (χ4v) is 0.960. The zero-order valence-corrected chi connectivity index (χ0v) is 7.40. The highest BCUT2D eigenvalue weighted by Crippen LogP contribution is 2.22. The Morgan fingerprint density at radius 1 is 1.31 bits per heavy atom. The fraction of sp³-hybridized carbons (Fsp3) is 0.778. The molecule has 0 spiro atoms. The van der Waals surface area contributed by atoms with Crippen molar-refractivity contribution in [3.05, 3.63) is 0 Å². The van der Waals surface area contributed by atoms with Gasteiger partial charge in [-0.15, -0.1) is 12.3 Å². The molecule has 0 aliphatic rings. The maximum atomic E-state index is 11.7. The lowest BCUT2D eigenvalue weighted by Gasteiger charge is -2.11. The lowest BCUT2D eigenvalue weighted by Crippen LogP contribution is -2.22. The second-order valence-electron chi connectivity index (χ2n) is 3.01. The zero-order chi connectivity index (χ0) is 10.3. The average Bonchev–Trinajstić information content (AvgIpc) is 2.00. The molecule has 1 atom stereocenters. The molecule has 1 nitrogen and oxygen atoms in total. The van der Waals surface area contributed by atoms with Gasteiger partial charge in [-0.3, -0.25) is 0 Å². The van der Waals surface area contributed by atoms with Crippen LogP contribution in [0.1, 0.15) is 32.1 Å². The number of hydrogen-bond acceptors (Lipinski definition) is 1. The number of nitrogens with two attached hydrogens (primary N) is 1. The van der Waals surface area contributed by atoms with Gasteiger partial charge in [0.25, 0.3) is 0 Å². The Balaban J connectivity index is 3.42. The molecule has 4 heteroatoms. The fourth-order valence-electron chi connectivity index (χ4n) is 0.960. The second kappa shape index (κ2) is 5.87. The molecule has 0 bridgehead atoms. The summed E-state index contributed by atoms with van der Waals surface area (Å²) in [4.78, 5) is 0. The van der Waals surface area contributed by atoms with E-state index in [1.807, 2.05) is 0 Å². The molecule has 1 unspecified atom stereocenters. The third-order valence-corrected chi connectivity index (χ3v) is 1.69. The average molecular weight is 193 g/mol. The van der Waals surface area contributed by atoms with Gasteiger partial charge >= 0.3 is 6.18 Å². The van der Waals surface area contributed by atoms with Crippen LogP contribution in [0.15, 0.2) is 0 Å². The molecule has 0 amide bonds. The van der Waals surface area contributed by atoms with Crippen LogP contribution in [0, 0.1) is 12.3 Å². The first-order chi connectivity index (χ1) is 5.95. The second-order valence-corrected chi connectivity index (χ2v) is 3.01. The molecule has 0 saturated carbocycles. The third kappa shape index (κ3) is 9.22. The number of unbranched alkanes of at least 4 members (excludes halogenated alkanes) is 1. The highest BCUT2D eigenvalue weighted by molar-refractivity contribution is 4.83. The highest BCUT2D eigenvalue weighted by Gasteiger charge is 2.27. The number of rotatable bonds is 5. The van der Waals surface area contributed by atoms with Crippen molar-refractivity contribution in [2.75, 3.05) is 0 Å². The molecule has 0 aliphatic carbocycles. The van der Waals surface area contributed by atoms with E-state index in [2.05, 4.69) is 5.92 Å². The summed E-state index contributed by atoms with van der Waals surface area (Å²) in [5.74, 6) is 2.42. The molecular formula is C9H14F3N. The standard InChI is InChI=1S/C9H14F3N/c1-2-3-4-5-8(13)6-7-9(10,11)12/h1,8H,3-7,13H2. The largest absolute Gasteiger partial charge is 0.389 e. The van der Waals surface area contributed by atoms with Crippen LogP contribution in [0.5, 0.6) is 0 Å². The summed E-state index contributed by atoms with van der Waals surface area (Å²) >= 11 is 0. The lowest BCUT2D eigenvalue weighted by molar-refractivity contribution is -0.136. The van der Waals surface area contributed by atoms with Crippen LogP contribution in [0.25, 0.3) is 0 Å². The molecule has 0 saturated heterocycles. The predicted molar refractivity (Wildman–Crippen MR) is 45.9 cm³/mol. The van der Waals surface area contributed by atoms with E-state index in [0.717, 1.165) is 0 Å². The maximum absolute atomic E-state index is 11.7. The molecule has 76 valence electrons. The van der Waals surface area contributed by atoms with Crippen LogP contribution in [-0.2, 0) is 0 Å². The SMILES string of the molecule is C#CCCCC(N)CCC(F)(F)F. The van der Waals surface area contributed by atoms with E-state index in [9.17, 15) is 13.2 Å². The topological polar surface area (TPSA) is 26.0 Å². The summed E-state index contributed by atoms with van der Waals surface area (Å²) < 4.78 is 35.1. The molecule has 0 aromatic carbocycles. The van der Waals surface area contributed by atoms with E-state index >= 15 is 0 Å². The molecule has 0 aliphatic heterocycles. The Morgan fingerprint density at radius 3 is 2.38 bits per heavy atom. The Kier molecular flexibility index (Phi) is 5.56. The zero-order valence-electron chi connectivity index (χ0n) is 7.40. The van der Waals surface area contributed by atoms with Gasteiger partial charge in [-0.25, -0.2) is 0 Å². The minimum atomic E-state index is -4.09. The normalized spacial score (nSPS) is 13.8. The maximum Gasteiger partial charge on any atom is 0.389 e. The van der Waals surface area contributed by atoms with Crippen LogP contribution in [0.2, 0.25) is 0 Å². The molecule has 13 heavy (non-hydrogen) atoms. The van der Waals surface area contributed by atoms with E-state index in [0.29, 0.717) is 19.3 Å². The van der Waals surface area contributed by atoms with Gasteiger partial charge in [-0.1, -0.05) is 0 Å². The first kappa shape index (κ1) is 12.3. The van der Waals surface area contributed by atoms with Crippen LogP contribution in [0.3, 0.4) is 0 Å². The van der Waals surface area contributed by atoms with Gasteiger partial charge in [-0.2, -0.15) is 13.2 Å². The van der Waals surface area contributed by atoms with Crippen molar-refractivity contribution in [3.63, 3.8) is 0 Å². The number of terminal acetylenes is 1. The molecule has 0 fully saturated rings. The summed E-state index contributed by atoms with van der Waals surface area (Å²) in [5, 5.41) is 0.